The van der Waals surface area contributed by atoms with Gasteiger partial charge in [0.25, 0.3) is 5.69 Å². The number of fused-ring (bicyclic) bond motifs is 1. The summed E-state index contributed by atoms with van der Waals surface area (Å²) in [4.78, 5) is 11.1. The van der Waals surface area contributed by atoms with Crippen molar-refractivity contribution in [1.82, 2.24) is 20.8 Å². The number of H-pyrrole nitrogens is 1. The van der Waals surface area contributed by atoms with Crippen LogP contribution in [0, 0.1) is 10.1 Å². The molecule has 1 aromatic heterocycles. The first-order chi connectivity index (χ1) is 21.8. The number of nitro benzene ring substituents is 1. The highest BCUT2D eigenvalue weighted by Gasteiger charge is 2.48. The molecule has 4 aromatic carbocycles. The average molecular weight is 606 g/mol. The van der Waals surface area contributed by atoms with Crippen LogP contribution in [0.15, 0.2) is 109 Å². The van der Waals surface area contributed by atoms with Crippen LogP contribution < -0.4 is 10.6 Å². The average Bonchev–Trinajstić information content (AvgIpc) is 3.65. The summed E-state index contributed by atoms with van der Waals surface area (Å²) in [7, 11) is 0. The quantitative estimate of drug-likeness (QED) is 0.110. The van der Waals surface area contributed by atoms with Gasteiger partial charge in [-0.05, 0) is 61.1 Å². The minimum atomic E-state index is -0.802. The van der Waals surface area contributed by atoms with E-state index in [4.69, 9.17) is 9.47 Å². The first-order valence-electron chi connectivity index (χ1n) is 15.4. The molecule has 3 N–H and O–H groups in total. The number of hydrogen-bond donors (Lipinski definition) is 3. The molecule has 1 saturated heterocycles. The van der Waals surface area contributed by atoms with Crippen molar-refractivity contribution in [3.63, 3.8) is 0 Å². The van der Waals surface area contributed by atoms with Crippen molar-refractivity contribution in [3.05, 3.63) is 142 Å². The zero-order valence-corrected chi connectivity index (χ0v) is 25.6. The van der Waals surface area contributed by atoms with E-state index in [1.54, 1.807) is 12.1 Å². The zero-order valence-electron chi connectivity index (χ0n) is 25.6. The van der Waals surface area contributed by atoms with E-state index in [-0.39, 0.29) is 34.9 Å². The number of rotatable bonds is 13. The Morgan fingerprint density at radius 3 is 1.91 bits per heavy atom. The summed E-state index contributed by atoms with van der Waals surface area (Å²) < 4.78 is 13.5. The normalized spacial score (nSPS) is 19.0. The monoisotopic (exact) mass is 605 g/mol. The maximum atomic E-state index is 11.4. The summed E-state index contributed by atoms with van der Waals surface area (Å²) in [6.07, 6.45) is 2.69. The molecule has 232 valence electrons. The summed E-state index contributed by atoms with van der Waals surface area (Å²) in [5.41, 5.74) is 5.45. The van der Waals surface area contributed by atoms with Gasteiger partial charge in [0.1, 0.15) is 12.2 Å². The van der Waals surface area contributed by atoms with E-state index in [9.17, 15) is 10.1 Å². The largest absolute Gasteiger partial charge is 0.343 e. The van der Waals surface area contributed by atoms with Gasteiger partial charge in [0.05, 0.1) is 16.6 Å². The SMILES string of the molecule is CC1(C)OC([C@@H](Cc2ccccc2)NCc2cccc([N+](=O)[O-])c2)C([C@@H](Cc2ccccc2)NCc2ccc3[nH]ncc3c2)O1. The second-order valence-corrected chi connectivity index (χ2v) is 12.1. The Bertz CT molecular complexity index is 1710. The van der Waals surface area contributed by atoms with Crippen molar-refractivity contribution in [2.75, 3.05) is 0 Å². The molecular weight excluding hydrogens is 566 g/mol. The number of aromatic amines is 1. The molecule has 1 aliphatic rings. The lowest BCUT2D eigenvalue weighted by molar-refractivity contribution is -0.384. The molecule has 2 heterocycles. The maximum Gasteiger partial charge on any atom is 0.269 e. The molecule has 9 heteroatoms. The summed E-state index contributed by atoms with van der Waals surface area (Å²) in [5, 5.41) is 27.2. The lowest BCUT2D eigenvalue weighted by Crippen LogP contribution is -2.53. The van der Waals surface area contributed by atoms with Crippen LogP contribution in [-0.4, -0.2) is 45.2 Å². The van der Waals surface area contributed by atoms with E-state index in [2.05, 4.69) is 75.4 Å². The first-order valence-corrected chi connectivity index (χ1v) is 15.4. The van der Waals surface area contributed by atoms with Gasteiger partial charge in [-0.3, -0.25) is 15.2 Å². The fourth-order valence-electron chi connectivity index (χ4n) is 6.16. The van der Waals surface area contributed by atoms with Crippen LogP contribution in [-0.2, 0) is 35.4 Å². The predicted octanol–water partition coefficient (Wildman–Crippen LogP) is 6.09. The molecule has 1 fully saturated rings. The van der Waals surface area contributed by atoms with Crippen molar-refractivity contribution in [2.24, 2.45) is 0 Å². The van der Waals surface area contributed by atoms with E-state index in [1.165, 1.54) is 17.2 Å². The predicted molar refractivity (Wildman–Crippen MR) is 175 cm³/mol. The Balaban J connectivity index is 1.29. The third-order valence-corrected chi connectivity index (χ3v) is 8.32. The third kappa shape index (κ3) is 7.82. The standard InChI is InChI=1S/C36H39N5O4/c1-36(2)44-34(32(20-25-10-5-3-6-11-25)37-22-27-14-9-15-30(19-27)41(42)43)35(45-36)33(21-26-12-7-4-8-13-26)38-23-28-16-17-31-29(18-28)24-39-40-31/h3-19,24,32-35,37-38H,20-23H2,1-2H3,(H,39,40)/t32-,33-,34?,35?/m1/s1. The Morgan fingerprint density at radius 1 is 0.778 bits per heavy atom. The fourth-order valence-corrected chi connectivity index (χ4v) is 6.16. The molecule has 1 aliphatic heterocycles. The van der Waals surface area contributed by atoms with Gasteiger partial charge in [-0.25, -0.2) is 0 Å². The summed E-state index contributed by atoms with van der Waals surface area (Å²) in [6, 6.07) is 33.6. The van der Waals surface area contributed by atoms with Crippen LogP contribution >= 0.6 is 0 Å². The molecule has 0 spiro atoms. The van der Waals surface area contributed by atoms with Crippen LogP contribution in [0.4, 0.5) is 5.69 Å². The smallest absolute Gasteiger partial charge is 0.269 e. The van der Waals surface area contributed by atoms with Gasteiger partial charge in [-0.2, -0.15) is 5.10 Å². The lowest BCUT2D eigenvalue weighted by Gasteiger charge is -2.33. The number of nitrogens with one attached hydrogen (secondary N) is 3. The number of hydrogen-bond acceptors (Lipinski definition) is 7. The lowest BCUT2D eigenvalue weighted by atomic mass is 9.91. The van der Waals surface area contributed by atoms with Crippen molar-refractivity contribution >= 4 is 16.6 Å². The summed E-state index contributed by atoms with van der Waals surface area (Å²) in [5.74, 6) is -0.802. The second kappa shape index (κ2) is 13.7. The summed E-state index contributed by atoms with van der Waals surface area (Å²) in [6.45, 7) is 5.03. The Kier molecular flexibility index (Phi) is 9.32. The number of nitrogens with zero attached hydrogens (tertiary/aromatic N) is 2. The van der Waals surface area contributed by atoms with Crippen LogP contribution in [0.2, 0.25) is 0 Å². The second-order valence-electron chi connectivity index (χ2n) is 12.1. The molecule has 0 amide bonds. The minimum Gasteiger partial charge on any atom is -0.343 e. The Morgan fingerprint density at radius 2 is 1.33 bits per heavy atom. The molecule has 2 unspecified atom stereocenters. The number of nitro groups is 1. The van der Waals surface area contributed by atoms with Gasteiger partial charge in [-0.15, -0.1) is 0 Å². The third-order valence-electron chi connectivity index (χ3n) is 8.32. The molecule has 0 aliphatic carbocycles. The van der Waals surface area contributed by atoms with Crippen LogP contribution in [0.25, 0.3) is 10.9 Å². The number of aromatic nitrogens is 2. The van der Waals surface area contributed by atoms with Crippen LogP contribution in [0.5, 0.6) is 0 Å². The maximum absolute atomic E-state index is 11.4. The Hall–Kier alpha value is -4.41. The number of benzene rings is 4. The molecule has 5 aromatic rings. The molecule has 45 heavy (non-hydrogen) atoms. The number of non-ortho nitro benzene ring substituents is 1. The van der Waals surface area contributed by atoms with E-state index < -0.39 is 5.79 Å². The van der Waals surface area contributed by atoms with Gasteiger partial charge in [0.2, 0.25) is 0 Å². The van der Waals surface area contributed by atoms with Crippen molar-refractivity contribution < 1.29 is 14.4 Å². The van der Waals surface area contributed by atoms with Crippen molar-refractivity contribution in [3.8, 4) is 0 Å². The van der Waals surface area contributed by atoms with E-state index in [0.717, 1.165) is 28.5 Å². The highest BCUT2D eigenvalue weighted by molar-refractivity contribution is 5.78. The molecule has 4 atom stereocenters. The Labute approximate surface area is 263 Å². The minimum absolute atomic E-state index is 0.0721. The highest BCUT2D eigenvalue weighted by Crippen LogP contribution is 2.34. The van der Waals surface area contributed by atoms with Gasteiger partial charge >= 0.3 is 0 Å². The van der Waals surface area contributed by atoms with Gasteiger partial charge in [0, 0.05) is 42.7 Å². The topological polar surface area (TPSA) is 114 Å². The van der Waals surface area contributed by atoms with E-state index in [0.29, 0.717) is 19.5 Å². The molecule has 0 saturated carbocycles. The van der Waals surface area contributed by atoms with Crippen molar-refractivity contribution in [2.45, 2.75) is 69.9 Å². The fraction of sp³-hybridized carbons (Fsp3) is 0.306. The zero-order chi connectivity index (χ0) is 31.2. The molecule has 6 rings (SSSR count). The van der Waals surface area contributed by atoms with E-state index in [1.807, 2.05) is 50.4 Å². The van der Waals surface area contributed by atoms with Gasteiger partial charge < -0.3 is 20.1 Å². The van der Waals surface area contributed by atoms with Gasteiger partial charge in [0.15, 0.2) is 5.79 Å². The van der Waals surface area contributed by atoms with Crippen LogP contribution in [0.3, 0.4) is 0 Å². The molecule has 0 bridgehead atoms. The molecular formula is C36H39N5O4. The first kappa shape index (κ1) is 30.6. The molecule has 9 nitrogen and oxygen atoms in total. The van der Waals surface area contributed by atoms with Gasteiger partial charge in [-0.1, -0.05) is 78.9 Å². The molecule has 0 radical (unpaired) electrons. The number of ether oxygens (including phenoxy) is 2. The van der Waals surface area contributed by atoms with Crippen molar-refractivity contribution in [1.29, 1.82) is 0 Å². The van der Waals surface area contributed by atoms with E-state index >= 15 is 0 Å². The highest BCUT2D eigenvalue weighted by atomic mass is 16.8. The summed E-state index contributed by atoms with van der Waals surface area (Å²) >= 11 is 0. The van der Waals surface area contributed by atoms with Crippen LogP contribution in [0.1, 0.15) is 36.1 Å².